The Morgan fingerprint density at radius 1 is 0.958 bits per heavy atom. The molecule has 0 bridgehead atoms. The van der Waals surface area contributed by atoms with E-state index in [4.69, 9.17) is 0 Å². The molecule has 5 nitrogen and oxygen atoms in total. The maximum atomic E-state index is 4.49. The average Bonchev–Trinajstić information content (AvgIpc) is 2.58. The van der Waals surface area contributed by atoms with Crippen LogP contribution < -0.4 is 10.6 Å². The van der Waals surface area contributed by atoms with Crippen molar-refractivity contribution < 1.29 is 0 Å². The van der Waals surface area contributed by atoms with Crippen LogP contribution in [0.2, 0.25) is 0 Å². The van der Waals surface area contributed by atoms with Crippen molar-refractivity contribution in [2.75, 3.05) is 10.6 Å². The summed E-state index contributed by atoms with van der Waals surface area (Å²) in [4.78, 5) is 4.49. The van der Waals surface area contributed by atoms with E-state index in [1.807, 2.05) is 12.1 Å². The zero-order valence-corrected chi connectivity index (χ0v) is 14.2. The van der Waals surface area contributed by atoms with Gasteiger partial charge in [-0.3, -0.25) is 0 Å². The van der Waals surface area contributed by atoms with Crippen LogP contribution in [0.25, 0.3) is 0 Å². The van der Waals surface area contributed by atoms with Gasteiger partial charge in [0, 0.05) is 12.2 Å². The van der Waals surface area contributed by atoms with Gasteiger partial charge in [0.15, 0.2) is 5.82 Å². The summed E-state index contributed by atoms with van der Waals surface area (Å²) in [6, 6.07) is 14.5. The molecule has 0 atom stereocenters. The van der Waals surface area contributed by atoms with Crippen LogP contribution in [0.15, 0.2) is 48.7 Å². The second-order valence-corrected chi connectivity index (χ2v) is 5.89. The predicted octanol–water partition coefficient (Wildman–Crippen LogP) is 4.15. The second-order valence-electron chi connectivity index (χ2n) is 5.89. The van der Waals surface area contributed by atoms with Gasteiger partial charge in [0.25, 0.3) is 0 Å². The Balaban J connectivity index is 1.72. The number of anilines is 3. The number of nitrogens with one attached hydrogen (secondary N) is 2. The average molecular weight is 319 g/mol. The molecule has 0 aliphatic heterocycles. The van der Waals surface area contributed by atoms with Gasteiger partial charge in [0.05, 0.1) is 6.20 Å². The highest BCUT2D eigenvalue weighted by Crippen LogP contribution is 2.20. The van der Waals surface area contributed by atoms with E-state index in [2.05, 4.69) is 76.9 Å². The van der Waals surface area contributed by atoms with Crippen molar-refractivity contribution in [3.8, 4) is 0 Å². The van der Waals surface area contributed by atoms with Gasteiger partial charge < -0.3 is 10.6 Å². The van der Waals surface area contributed by atoms with E-state index in [1.165, 1.54) is 16.7 Å². The Hall–Kier alpha value is -2.95. The Kier molecular flexibility index (Phi) is 4.70. The van der Waals surface area contributed by atoms with Gasteiger partial charge in [-0.25, -0.2) is 0 Å². The van der Waals surface area contributed by atoms with Crippen LogP contribution in [-0.2, 0) is 6.54 Å². The molecule has 0 spiro atoms. The van der Waals surface area contributed by atoms with E-state index >= 15 is 0 Å². The van der Waals surface area contributed by atoms with Gasteiger partial charge in [0.1, 0.15) is 0 Å². The zero-order chi connectivity index (χ0) is 16.9. The van der Waals surface area contributed by atoms with E-state index in [0.717, 1.165) is 11.3 Å². The third-order valence-electron chi connectivity index (χ3n) is 3.91. The standard InChI is InChI=1S/C19H21N5/c1-13-8-9-15(3)17(10-13)22-18-12-21-24-19(23-18)20-11-16-7-5-4-6-14(16)2/h4-10,12H,11H2,1-3H3,(H2,20,22,23,24). The first-order chi connectivity index (χ1) is 11.6. The van der Waals surface area contributed by atoms with Crippen molar-refractivity contribution in [3.63, 3.8) is 0 Å². The van der Waals surface area contributed by atoms with Gasteiger partial charge in [-0.05, 0) is 49.1 Å². The lowest BCUT2D eigenvalue weighted by molar-refractivity contribution is 0.946. The van der Waals surface area contributed by atoms with Crippen LogP contribution >= 0.6 is 0 Å². The molecule has 122 valence electrons. The van der Waals surface area contributed by atoms with Crippen molar-refractivity contribution in [3.05, 3.63) is 70.9 Å². The van der Waals surface area contributed by atoms with Crippen LogP contribution in [0.3, 0.4) is 0 Å². The summed E-state index contributed by atoms with van der Waals surface area (Å²) in [6.45, 7) is 6.89. The first kappa shape index (κ1) is 15.9. The predicted molar refractivity (Wildman–Crippen MR) is 97.5 cm³/mol. The largest absolute Gasteiger partial charge is 0.349 e. The first-order valence-corrected chi connectivity index (χ1v) is 7.94. The first-order valence-electron chi connectivity index (χ1n) is 7.94. The molecule has 24 heavy (non-hydrogen) atoms. The normalized spacial score (nSPS) is 10.5. The van der Waals surface area contributed by atoms with E-state index in [0.29, 0.717) is 18.3 Å². The van der Waals surface area contributed by atoms with Crippen molar-refractivity contribution in [1.29, 1.82) is 0 Å². The summed E-state index contributed by atoms with van der Waals surface area (Å²) in [5, 5.41) is 14.6. The fraction of sp³-hybridized carbons (Fsp3) is 0.211. The Morgan fingerprint density at radius 2 is 1.79 bits per heavy atom. The van der Waals surface area contributed by atoms with Gasteiger partial charge >= 0.3 is 0 Å². The summed E-state index contributed by atoms with van der Waals surface area (Å²) in [5.41, 5.74) is 5.84. The van der Waals surface area contributed by atoms with E-state index < -0.39 is 0 Å². The number of nitrogens with zero attached hydrogens (tertiary/aromatic N) is 3. The summed E-state index contributed by atoms with van der Waals surface area (Å²) < 4.78 is 0. The van der Waals surface area contributed by atoms with Crippen molar-refractivity contribution in [1.82, 2.24) is 15.2 Å². The molecule has 0 saturated carbocycles. The zero-order valence-electron chi connectivity index (χ0n) is 14.2. The molecule has 3 aromatic rings. The molecule has 1 aromatic heterocycles. The minimum Gasteiger partial charge on any atom is -0.349 e. The molecule has 0 aliphatic rings. The maximum absolute atomic E-state index is 4.49. The number of hydrogen-bond acceptors (Lipinski definition) is 5. The van der Waals surface area contributed by atoms with Gasteiger partial charge in [-0.15, -0.1) is 5.10 Å². The number of benzene rings is 2. The number of rotatable bonds is 5. The molecule has 3 rings (SSSR count). The molecule has 1 heterocycles. The van der Waals surface area contributed by atoms with Gasteiger partial charge in [-0.2, -0.15) is 10.1 Å². The molecule has 0 aliphatic carbocycles. The third kappa shape index (κ3) is 3.87. The summed E-state index contributed by atoms with van der Waals surface area (Å²) in [5.74, 6) is 1.18. The molecule has 0 unspecified atom stereocenters. The molecule has 2 aromatic carbocycles. The summed E-state index contributed by atoms with van der Waals surface area (Å²) in [7, 11) is 0. The fourth-order valence-corrected chi connectivity index (χ4v) is 2.43. The van der Waals surface area contributed by atoms with Gasteiger partial charge in [-0.1, -0.05) is 36.4 Å². The van der Waals surface area contributed by atoms with Crippen LogP contribution in [-0.4, -0.2) is 15.2 Å². The maximum Gasteiger partial charge on any atom is 0.244 e. The lowest BCUT2D eigenvalue weighted by Crippen LogP contribution is -2.07. The number of aromatic nitrogens is 3. The molecule has 5 heteroatoms. The number of aryl methyl sites for hydroxylation is 3. The van der Waals surface area contributed by atoms with Crippen molar-refractivity contribution >= 4 is 17.5 Å². The molecule has 2 N–H and O–H groups in total. The number of hydrogen-bond donors (Lipinski definition) is 2. The third-order valence-corrected chi connectivity index (χ3v) is 3.91. The van der Waals surface area contributed by atoms with Gasteiger partial charge in [0.2, 0.25) is 5.95 Å². The Labute approximate surface area is 142 Å². The fourth-order valence-electron chi connectivity index (χ4n) is 2.43. The van der Waals surface area contributed by atoms with Crippen molar-refractivity contribution in [2.45, 2.75) is 27.3 Å². The van der Waals surface area contributed by atoms with Crippen molar-refractivity contribution in [2.24, 2.45) is 0 Å². The SMILES string of the molecule is Cc1ccc(C)c(Nc2cnnc(NCc3ccccc3C)n2)c1. The molecule has 0 amide bonds. The Morgan fingerprint density at radius 3 is 2.62 bits per heavy atom. The smallest absolute Gasteiger partial charge is 0.244 e. The highest BCUT2D eigenvalue weighted by Gasteiger charge is 2.04. The molecule has 0 saturated heterocycles. The van der Waals surface area contributed by atoms with Crippen LogP contribution in [0.4, 0.5) is 17.5 Å². The minimum absolute atomic E-state index is 0.508. The summed E-state index contributed by atoms with van der Waals surface area (Å²) in [6.07, 6.45) is 1.63. The topological polar surface area (TPSA) is 62.7 Å². The highest BCUT2D eigenvalue weighted by molar-refractivity contribution is 5.61. The van der Waals surface area contributed by atoms with E-state index in [1.54, 1.807) is 6.20 Å². The lowest BCUT2D eigenvalue weighted by Gasteiger charge is -2.11. The summed E-state index contributed by atoms with van der Waals surface area (Å²) >= 11 is 0. The van der Waals surface area contributed by atoms with E-state index in [-0.39, 0.29) is 0 Å². The Bertz CT molecular complexity index is 845. The minimum atomic E-state index is 0.508. The van der Waals surface area contributed by atoms with Crippen LogP contribution in [0, 0.1) is 20.8 Å². The monoisotopic (exact) mass is 319 g/mol. The molecular weight excluding hydrogens is 298 g/mol. The van der Waals surface area contributed by atoms with Crippen LogP contribution in [0.5, 0.6) is 0 Å². The van der Waals surface area contributed by atoms with Crippen LogP contribution in [0.1, 0.15) is 22.3 Å². The van der Waals surface area contributed by atoms with E-state index in [9.17, 15) is 0 Å². The lowest BCUT2D eigenvalue weighted by atomic mass is 10.1. The second kappa shape index (κ2) is 7.08. The molecular formula is C19H21N5. The highest BCUT2D eigenvalue weighted by atomic mass is 15.3. The quantitative estimate of drug-likeness (QED) is 0.739. The molecule has 0 fully saturated rings. The molecule has 0 radical (unpaired) electrons.